The van der Waals surface area contributed by atoms with E-state index >= 15 is 4.39 Å². The molecule has 27 heavy (non-hydrogen) atoms. The Morgan fingerprint density at radius 1 is 1.37 bits per heavy atom. The maximum atomic E-state index is 15.1. The minimum Gasteiger partial charge on any atom is -0.492 e. The third-order valence-corrected chi connectivity index (χ3v) is 6.43. The zero-order chi connectivity index (χ0) is 19.1. The number of anilines is 1. The fourth-order valence-electron chi connectivity index (χ4n) is 4.68. The lowest BCUT2D eigenvalue weighted by Crippen LogP contribution is -2.44. The van der Waals surface area contributed by atoms with Crippen molar-refractivity contribution in [3.8, 4) is 5.75 Å². The van der Waals surface area contributed by atoms with Crippen LogP contribution >= 0.6 is 0 Å². The predicted octanol–water partition coefficient (Wildman–Crippen LogP) is 0.145. The summed E-state index contributed by atoms with van der Waals surface area (Å²) in [4.78, 5) is 27.1. The van der Waals surface area contributed by atoms with Gasteiger partial charge in [0.05, 0.1) is 12.5 Å². The lowest BCUT2D eigenvalue weighted by atomic mass is 10.1. The molecule has 2 heterocycles. The number of fused-ring (bicyclic) bond motifs is 2. The van der Waals surface area contributed by atoms with Crippen LogP contribution in [0, 0.1) is 17.2 Å². The van der Waals surface area contributed by atoms with Gasteiger partial charge in [0.1, 0.15) is 11.2 Å². The van der Waals surface area contributed by atoms with Gasteiger partial charge in [0.25, 0.3) is 5.56 Å². The highest BCUT2D eigenvalue weighted by atomic mass is 19.1. The Morgan fingerprint density at radius 2 is 2.11 bits per heavy atom. The van der Waals surface area contributed by atoms with E-state index in [0.29, 0.717) is 41.4 Å². The average Bonchev–Trinajstić information content (AvgIpc) is 3.58. The van der Waals surface area contributed by atoms with Gasteiger partial charge in [0.2, 0.25) is 0 Å². The minimum atomic E-state index is -0.724. The normalized spacial score (nSPS) is 26.5. The molecule has 1 saturated heterocycles. The monoisotopic (exact) mass is 375 g/mol. The molecule has 1 aromatic carbocycles. The van der Waals surface area contributed by atoms with Gasteiger partial charge in [-0.15, -0.1) is 0 Å². The first kappa shape index (κ1) is 16.6. The maximum absolute atomic E-state index is 15.1. The van der Waals surface area contributed by atoms with Crippen molar-refractivity contribution in [3.05, 3.63) is 32.7 Å². The van der Waals surface area contributed by atoms with Crippen LogP contribution in [0.15, 0.2) is 15.7 Å². The Labute approximate surface area is 154 Å². The van der Waals surface area contributed by atoms with Crippen molar-refractivity contribution in [1.82, 2.24) is 9.24 Å². The Kier molecular flexibility index (Phi) is 3.23. The van der Waals surface area contributed by atoms with Crippen LogP contribution in [0.4, 0.5) is 10.1 Å². The van der Waals surface area contributed by atoms with Gasteiger partial charge in [-0.3, -0.25) is 9.36 Å². The molecule has 4 N–H and O–H groups in total. The van der Waals surface area contributed by atoms with Crippen LogP contribution in [0.25, 0.3) is 10.9 Å². The van der Waals surface area contributed by atoms with Crippen molar-refractivity contribution in [2.24, 2.45) is 17.1 Å². The number of hydrogen-bond donors (Lipinski definition) is 2. The van der Waals surface area contributed by atoms with Gasteiger partial charge in [-0.2, -0.15) is 4.68 Å². The van der Waals surface area contributed by atoms with Crippen LogP contribution in [0.5, 0.6) is 5.75 Å². The van der Waals surface area contributed by atoms with E-state index in [-0.39, 0.29) is 22.6 Å². The molecule has 0 amide bonds. The lowest BCUT2D eigenvalue weighted by Gasteiger charge is -2.26. The summed E-state index contributed by atoms with van der Waals surface area (Å²) in [6, 6.07) is 1.13. The van der Waals surface area contributed by atoms with Crippen molar-refractivity contribution in [1.29, 1.82) is 0 Å². The second kappa shape index (κ2) is 5.25. The number of hydrogen-bond acceptors (Lipinski definition) is 6. The number of halogens is 1. The number of methoxy groups -OCH3 is 1. The summed E-state index contributed by atoms with van der Waals surface area (Å²) in [5.41, 5.74) is 5.27. The van der Waals surface area contributed by atoms with Gasteiger partial charge in [-0.05, 0) is 37.8 Å². The molecule has 1 aliphatic heterocycles. The zero-order valence-corrected chi connectivity index (χ0v) is 15.1. The lowest BCUT2D eigenvalue weighted by molar-refractivity contribution is 0.411. The van der Waals surface area contributed by atoms with Crippen molar-refractivity contribution >= 4 is 16.6 Å². The van der Waals surface area contributed by atoms with Crippen LogP contribution in [0.1, 0.15) is 25.3 Å². The van der Waals surface area contributed by atoms with E-state index in [9.17, 15) is 9.59 Å². The zero-order valence-electron chi connectivity index (χ0n) is 15.1. The third-order valence-electron chi connectivity index (χ3n) is 6.43. The summed E-state index contributed by atoms with van der Waals surface area (Å²) in [7, 11) is 1.43. The Balaban J connectivity index is 1.80. The van der Waals surface area contributed by atoms with Crippen LogP contribution in [0.3, 0.4) is 0 Å². The fourth-order valence-corrected chi connectivity index (χ4v) is 4.68. The number of nitrogens with zero attached hydrogens (tertiary/aromatic N) is 3. The summed E-state index contributed by atoms with van der Waals surface area (Å²) < 4.78 is 22.7. The van der Waals surface area contributed by atoms with E-state index in [1.807, 2.05) is 4.90 Å². The summed E-state index contributed by atoms with van der Waals surface area (Å²) in [5.74, 6) is 5.78. The first-order valence-corrected chi connectivity index (χ1v) is 9.19. The van der Waals surface area contributed by atoms with E-state index in [0.717, 1.165) is 19.3 Å². The Bertz CT molecular complexity index is 1090. The molecule has 0 spiro atoms. The van der Waals surface area contributed by atoms with Crippen molar-refractivity contribution in [2.45, 2.75) is 25.3 Å². The Morgan fingerprint density at radius 3 is 2.70 bits per heavy atom. The number of benzene rings is 1. The molecule has 3 fully saturated rings. The van der Waals surface area contributed by atoms with Crippen LogP contribution in [-0.4, -0.2) is 36.0 Å². The summed E-state index contributed by atoms with van der Waals surface area (Å²) in [6.07, 6.45) is 2.68. The summed E-state index contributed by atoms with van der Waals surface area (Å²) in [6.45, 7) is 1.91. The molecule has 8 nitrogen and oxygen atoms in total. The van der Waals surface area contributed by atoms with Crippen LogP contribution < -0.4 is 32.5 Å². The first-order chi connectivity index (χ1) is 12.9. The van der Waals surface area contributed by atoms with E-state index < -0.39 is 17.1 Å². The number of nitrogen functional groups attached to an aromatic ring is 1. The molecule has 2 atom stereocenters. The number of piperidine rings is 1. The highest BCUT2D eigenvalue weighted by molar-refractivity contribution is 5.91. The van der Waals surface area contributed by atoms with Crippen molar-refractivity contribution < 1.29 is 9.13 Å². The first-order valence-electron chi connectivity index (χ1n) is 9.19. The second-order valence-corrected chi connectivity index (χ2v) is 8.04. The maximum Gasteiger partial charge on any atom is 0.350 e. The molecule has 1 aromatic heterocycles. The van der Waals surface area contributed by atoms with E-state index in [4.69, 9.17) is 16.3 Å². The van der Waals surface area contributed by atoms with Crippen LogP contribution in [0.2, 0.25) is 0 Å². The van der Waals surface area contributed by atoms with Crippen LogP contribution in [-0.2, 0) is 0 Å². The highest BCUT2D eigenvalue weighted by Gasteiger charge is 2.59. The minimum absolute atomic E-state index is 0.0449. The molecule has 9 heteroatoms. The second-order valence-electron chi connectivity index (χ2n) is 8.04. The quantitative estimate of drug-likeness (QED) is 0.736. The standard InChI is InChI=1S/C18H22FN5O3/c1-27-15-13-11(16(25)24(21)17(26)23(13)10-2-3-10)4-12(19)14(15)22-6-9-5-18(9,7-20)8-22/h4,9-10H,2-3,5-8,20-21H2,1H3. The van der Waals surface area contributed by atoms with Gasteiger partial charge in [-0.1, -0.05) is 0 Å². The SMILES string of the molecule is COc1c(N2CC3CC3(CN)C2)c(F)cc2c(=O)n(N)c(=O)n(C3CC3)c12. The summed E-state index contributed by atoms with van der Waals surface area (Å²) in [5, 5.41) is 0.0556. The molecular formula is C18H22FN5O3. The van der Waals surface area contributed by atoms with E-state index in [2.05, 4.69) is 0 Å². The predicted molar refractivity (Wildman–Crippen MR) is 99.2 cm³/mol. The number of ether oxygens (including phenoxy) is 1. The molecule has 2 unspecified atom stereocenters. The molecule has 2 saturated carbocycles. The smallest absolute Gasteiger partial charge is 0.350 e. The average molecular weight is 375 g/mol. The molecule has 2 aromatic rings. The number of rotatable bonds is 4. The third kappa shape index (κ3) is 2.11. The molecule has 5 rings (SSSR count). The fraction of sp³-hybridized carbons (Fsp3) is 0.556. The van der Waals surface area contributed by atoms with E-state index in [1.165, 1.54) is 17.7 Å². The van der Waals surface area contributed by atoms with Crippen molar-refractivity contribution in [3.63, 3.8) is 0 Å². The molecular weight excluding hydrogens is 353 g/mol. The van der Waals surface area contributed by atoms with Gasteiger partial charge < -0.3 is 21.2 Å². The topological polar surface area (TPSA) is 109 Å². The Hall–Kier alpha value is -2.55. The largest absolute Gasteiger partial charge is 0.492 e. The highest BCUT2D eigenvalue weighted by Crippen LogP contribution is 2.58. The molecule has 3 aliphatic rings. The number of aromatic nitrogens is 2. The summed E-state index contributed by atoms with van der Waals surface area (Å²) >= 11 is 0. The van der Waals surface area contributed by atoms with Crippen molar-refractivity contribution in [2.75, 3.05) is 37.5 Å². The number of nitrogens with two attached hydrogens (primary N) is 2. The van der Waals surface area contributed by atoms with Gasteiger partial charge >= 0.3 is 5.69 Å². The van der Waals surface area contributed by atoms with E-state index in [1.54, 1.807) is 0 Å². The molecule has 0 bridgehead atoms. The van der Waals surface area contributed by atoms with Gasteiger partial charge in [0.15, 0.2) is 11.6 Å². The molecule has 144 valence electrons. The molecule has 2 aliphatic carbocycles. The molecule has 0 radical (unpaired) electrons. The van der Waals surface area contributed by atoms with Gasteiger partial charge in [0, 0.05) is 24.5 Å². The van der Waals surface area contributed by atoms with Gasteiger partial charge in [-0.25, -0.2) is 9.18 Å².